The maximum Gasteiger partial charge on any atom is 0.286 e. The summed E-state index contributed by atoms with van der Waals surface area (Å²) in [6, 6.07) is 11.5. The fourth-order valence-electron chi connectivity index (χ4n) is 4.26. The molecule has 0 radical (unpaired) electrons. The van der Waals surface area contributed by atoms with Crippen LogP contribution in [0.2, 0.25) is 0 Å². The number of thiazole rings is 1. The van der Waals surface area contributed by atoms with Crippen LogP contribution in [0.15, 0.2) is 36.5 Å². The molecule has 1 amide bonds. The number of hydroxylamine groups is 1. The lowest BCUT2D eigenvalue weighted by molar-refractivity contribution is 0.0710. The highest BCUT2D eigenvalue weighted by Gasteiger charge is 2.38. The van der Waals surface area contributed by atoms with E-state index in [1.165, 1.54) is 55.4 Å². The summed E-state index contributed by atoms with van der Waals surface area (Å²) < 4.78 is 0. The molecule has 0 bridgehead atoms. The number of nitrogens with one attached hydrogen (secondary N) is 2. The molecule has 6 nitrogen and oxygen atoms in total. The van der Waals surface area contributed by atoms with Crippen LogP contribution in [0.1, 0.15) is 51.8 Å². The third-order valence-corrected chi connectivity index (χ3v) is 7.19. The number of benzene rings is 1. The second kappa shape index (κ2) is 9.80. The fraction of sp³-hybridized carbons (Fsp3) is 0.545. The van der Waals surface area contributed by atoms with Crippen LogP contribution in [-0.2, 0) is 6.42 Å². The number of amides is 1. The van der Waals surface area contributed by atoms with Gasteiger partial charge in [0.15, 0.2) is 0 Å². The van der Waals surface area contributed by atoms with E-state index in [4.69, 9.17) is 5.21 Å². The van der Waals surface area contributed by atoms with Gasteiger partial charge in [0.1, 0.15) is 4.88 Å². The molecule has 29 heavy (non-hydrogen) atoms. The average Bonchev–Trinajstić information content (AvgIpc) is 3.40. The van der Waals surface area contributed by atoms with Gasteiger partial charge in [-0.05, 0) is 63.3 Å². The van der Waals surface area contributed by atoms with E-state index in [1.807, 2.05) is 0 Å². The summed E-state index contributed by atoms with van der Waals surface area (Å²) in [6.07, 6.45) is 7.29. The van der Waals surface area contributed by atoms with Gasteiger partial charge in [-0.3, -0.25) is 10.0 Å². The number of hydrogen-bond donors (Lipinski definition) is 3. The van der Waals surface area contributed by atoms with Crippen LogP contribution < -0.4 is 10.8 Å². The highest BCUT2D eigenvalue weighted by Crippen LogP contribution is 2.40. The van der Waals surface area contributed by atoms with Crippen molar-refractivity contribution < 1.29 is 10.0 Å². The number of aromatic nitrogens is 1. The molecule has 2 aromatic rings. The van der Waals surface area contributed by atoms with Crippen LogP contribution in [0.5, 0.6) is 0 Å². The Labute approximate surface area is 176 Å². The zero-order valence-electron chi connectivity index (χ0n) is 16.7. The first-order valence-corrected chi connectivity index (χ1v) is 11.4. The molecule has 2 atom stereocenters. The molecule has 3 N–H and O–H groups in total. The minimum absolute atomic E-state index is 0.459. The Kier molecular flexibility index (Phi) is 6.92. The summed E-state index contributed by atoms with van der Waals surface area (Å²) in [5.74, 6) is 1.03. The summed E-state index contributed by atoms with van der Waals surface area (Å²) in [4.78, 5) is 18.6. The maximum atomic E-state index is 11.4. The Morgan fingerprint density at radius 3 is 2.79 bits per heavy atom. The van der Waals surface area contributed by atoms with Crippen LogP contribution in [0.25, 0.3) is 0 Å². The zero-order chi connectivity index (χ0) is 20.1. The van der Waals surface area contributed by atoms with Crippen molar-refractivity contribution in [2.24, 2.45) is 5.92 Å². The lowest BCUT2D eigenvalue weighted by Crippen LogP contribution is -2.38. The summed E-state index contributed by atoms with van der Waals surface area (Å²) in [5.41, 5.74) is 3.13. The van der Waals surface area contributed by atoms with Gasteiger partial charge in [0.25, 0.3) is 5.91 Å². The van der Waals surface area contributed by atoms with Crippen LogP contribution in [0.4, 0.5) is 0 Å². The van der Waals surface area contributed by atoms with Crippen molar-refractivity contribution in [3.05, 3.63) is 52.0 Å². The Balaban J connectivity index is 1.09. The van der Waals surface area contributed by atoms with E-state index in [-0.39, 0.29) is 0 Å². The Morgan fingerprint density at radius 1 is 1.24 bits per heavy atom. The number of hydrogen-bond acceptors (Lipinski definition) is 6. The number of likely N-dealkylation sites (tertiary alicyclic amines) is 1. The number of piperidine rings is 1. The first-order chi connectivity index (χ1) is 14.2. The molecule has 1 saturated heterocycles. The van der Waals surface area contributed by atoms with Crippen molar-refractivity contribution in [1.82, 2.24) is 20.7 Å². The molecule has 2 fully saturated rings. The lowest BCUT2D eigenvalue weighted by atomic mass is 9.96. The molecule has 1 aliphatic carbocycles. The van der Waals surface area contributed by atoms with Crippen molar-refractivity contribution in [2.45, 2.75) is 44.1 Å². The lowest BCUT2D eigenvalue weighted by Gasteiger charge is -2.32. The molecule has 0 spiro atoms. The van der Waals surface area contributed by atoms with Gasteiger partial charge >= 0.3 is 0 Å². The molecule has 4 rings (SSSR count). The van der Waals surface area contributed by atoms with Gasteiger partial charge in [-0.1, -0.05) is 30.3 Å². The molecule has 1 aromatic carbocycles. The molecule has 1 aliphatic heterocycles. The zero-order valence-corrected chi connectivity index (χ0v) is 17.5. The maximum absolute atomic E-state index is 11.4. The molecular weight excluding hydrogens is 384 g/mol. The number of carbonyl (C=O) groups is 1. The van der Waals surface area contributed by atoms with E-state index in [9.17, 15) is 4.79 Å². The smallest absolute Gasteiger partial charge is 0.286 e. The first kappa shape index (κ1) is 20.5. The first-order valence-electron chi connectivity index (χ1n) is 10.6. The largest absolute Gasteiger partial charge is 0.313 e. The van der Waals surface area contributed by atoms with Gasteiger partial charge in [-0.2, -0.15) is 0 Å². The fourth-order valence-corrected chi connectivity index (χ4v) is 5.11. The number of nitrogens with zero attached hydrogens (tertiary/aromatic N) is 2. The third kappa shape index (κ3) is 5.63. The second-order valence-electron chi connectivity index (χ2n) is 8.22. The van der Waals surface area contributed by atoms with Gasteiger partial charge in [-0.15, -0.1) is 11.3 Å². The van der Waals surface area contributed by atoms with Gasteiger partial charge in [0, 0.05) is 18.4 Å². The summed E-state index contributed by atoms with van der Waals surface area (Å²) in [6.45, 7) is 4.58. The second-order valence-corrected chi connectivity index (χ2v) is 9.33. The minimum Gasteiger partial charge on any atom is -0.313 e. The molecule has 1 aromatic heterocycles. The number of carbonyl (C=O) groups excluding carboxylic acids is 1. The Hall–Kier alpha value is -1.80. The Bertz CT molecular complexity index is 789. The Morgan fingerprint density at radius 2 is 2.03 bits per heavy atom. The van der Waals surface area contributed by atoms with Gasteiger partial charge < -0.3 is 10.2 Å². The average molecular weight is 415 g/mol. The van der Waals surface area contributed by atoms with Crippen LogP contribution in [0, 0.1) is 5.92 Å². The topological polar surface area (TPSA) is 77.5 Å². The monoisotopic (exact) mass is 414 g/mol. The molecule has 7 heteroatoms. The molecule has 1 saturated carbocycles. The van der Waals surface area contributed by atoms with E-state index in [2.05, 4.69) is 45.5 Å². The summed E-state index contributed by atoms with van der Waals surface area (Å²) in [7, 11) is 0. The van der Waals surface area contributed by atoms with Crippen molar-refractivity contribution in [3.8, 4) is 0 Å². The van der Waals surface area contributed by atoms with Gasteiger partial charge in [0.05, 0.1) is 11.2 Å². The van der Waals surface area contributed by atoms with E-state index < -0.39 is 5.91 Å². The standard InChI is InChI=1S/C22H30N4O2S/c27-22(25-28)20-15-24-21(29-20)7-4-10-26-11-8-16(9-12-26)14-23-19-13-18(19)17-5-2-1-3-6-17/h1-3,5-6,15-16,18-19,23,28H,4,7-14H2,(H,25,27). The van der Waals surface area contributed by atoms with Crippen molar-refractivity contribution >= 4 is 17.2 Å². The van der Waals surface area contributed by atoms with Gasteiger partial charge in [0.2, 0.25) is 0 Å². The third-order valence-electron chi connectivity index (χ3n) is 6.14. The van der Waals surface area contributed by atoms with E-state index in [1.54, 1.807) is 5.48 Å². The van der Waals surface area contributed by atoms with Crippen molar-refractivity contribution in [3.63, 3.8) is 0 Å². The van der Waals surface area contributed by atoms with E-state index >= 15 is 0 Å². The van der Waals surface area contributed by atoms with E-state index in [0.29, 0.717) is 16.8 Å². The molecule has 2 heterocycles. The normalized spacial score (nSPS) is 22.5. The van der Waals surface area contributed by atoms with Crippen molar-refractivity contribution in [2.75, 3.05) is 26.2 Å². The summed E-state index contributed by atoms with van der Waals surface area (Å²) >= 11 is 1.36. The predicted molar refractivity (Wildman–Crippen MR) is 114 cm³/mol. The van der Waals surface area contributed by atoms with Crippen LogP contribution >= 0.6 is 11.3 Å². The quantitative estimate of drug-likeness (QED) is 0.434. The van der Waals surface area contributed by atoms with Crippen molar-refractivity contribution in [1.29, 1.82) is 0 Å². The minimum atomic E-state index is -0.481. The number of rotatable bonds is 9. The molecular formula is C22H30N4O2S. The van der Waals surface area contributed by atoms with Crippen LogP contribution in [0.3, 0.4) is 0 Å². The van der Waals surface area contributed by atoms with Gasteiger partial charge in [-0.25, -0.2) is 10.5 Å². The van der Waals surface area contributed by atoms with Crippen LogP contribution in [-0.4, -0.2) is 53.2 Å². The number of aryl methyl sites for hydroxylation is 1. The molecule has 156 valence electrons. The molecule has 2 aliphatic rings. The van der Waals surface area contributed by atoms with E-state index in [0.717, 1.165) is 36.9 Å². The summed E-state index contributed by atoms with van der Waals surface area (Å²) in [5, 5.41) is 13.4. The molecule has 2 unspecified atom stereocenters. The highest BCUT2D eigenvalue weighted by atomic mass is 32.1. The SMILES string of the molecule is O=C(NO)c1cnc(CCCN2CCC(CNC3CC3c3ccccc3)CC2)s1. The highest BCUT2D eigenvalue weighted by molar-refractivity contribution is 7.13. The predicted octanol–water partition coefficient (Wildman–Crippen LogP) is 3.05.